The van der Waals surface area contributed by atoms with Gasteiger partial charge in [-0.3, -0.25) is 4.79 Å². The summed E-state index contributed by atoms with van der Waals surface area (Å²) in [4.78, 5) is 23.7. The number of hydrogen-bond donors (Lipinski definition) is 2. The fourth-order valence-corrected chi connectivity index (χ4v) is 2.14. The number of amides is 2. The lowest BCUT2D eigenvalue weighted by molar-refractivity contribution is -0.147. The van der Waals surface area contributed by atoms with Crippen molar-refractivity contribution in [3.8, 4) is 0 Å². The van der Waals surface area contributed by atoms with Crippen molar-refractivity contribution in [2.45, 2.75) is 6.04 Å². The molecule has 2 rings (SSSR count). The van der Waals surface area contributed by atoms with E-state index in [0.29, 0.717) is 5.56 Å². The number of urea groups is 1. The third-order valence-electron chi connectivity index (χ3n) is 3.10. The number of rotatable bonds is 4. The van der Waals surface area contributed by atoms with Crippen molar-refractivity contribution in [3.05, 3.63) is 60.6 Å². The van der Waals surface area contributed by atoms with Crippen molar-refractivity contribution >= 4 is 12.0 Å². The van der Waals surface area contributed by atoms with Gasteiger partial charge in [-0.25, -0.2) is 9.18 Å². The van der Waals surface area contributed by atoms with Crippen LogP contribution in [0.25, 0.3) is 0 Å². The highest BCUT2D eigenvalue weighted by Gasteiger charge is 2.38. The summed E-state index contributed by atoms with van der Waals surface area (Å²) >= 11 is 0. The van der Waals surface area contributed by atoms with Gasteiger partial charge in [-0.05, 0) is 17.7 Å². The van der Waals surface area contributed by atoms with E-state index < -0.39 is 29.8 Å². The van der Waals surface area contributed by atoms with E-state index in [9.17, 15) is 14.0 Å². The summed E-state index contributed by atoms with van der Waals surface area (Å²) in [5.74, 6) is -1.74. The van der Waals surface area contributed by atoms with Gasteiger partial charge in [-0.15, -0.1) is 0 Å². The van der Waals surface area contributed by atoms with Crippen LogP contribution in [0.1, 0.15) is 11.6 Å². The summed E-state index contributed by atoms with van der Waals surface area (Å²) in [6, 6.07) is 4.40. The number of halogens is 1. The molecule has 1 aromatic carbocycles. The first-order valence-corrected chi connectivity index (χ1v) is 6.32. The second kappa shape index (κ2) is 6.21. The van der Waals surface area contributed by atoms with Crippen LogP contribution in [-0.2, 0) is 9.53 Å². The van der Waals surface area contributed by atoms with Crippen LogP contribution in [0.3, 0.4) is 0 Å². The predicted molar refractivity (Wildman–Crippen MR) is 74.6 cm³/mol. The van der Waals surface area contributed by atoms with E-state index in [4.69, 9.17) is 4.74 Å². The topological polar surface area (TPSA) is 67.4 Å². The van der Waals surface area contributed by atoms with Crippen LogP contribution in [0, 0.1) is 11.7 Å². The smallest absolute Gasteiger partial charge is 0.319 e. The maximum atomic E-state index is 13.0. The zero-order valence-corrected chi connectivity index (χ0v) is 11.3. The van der Waals surface area contributed by atoms with Crippen LogP contribution < -0.4 is 10.6 Å². The summed E-state index contributed by atoms with van der Waals surface area (Å²) in [5.41, 5.74) is 0.829. The molecule has 1 saturated heterocycles. The highest BCUT2D eigenvalue weighted by atomic mass is 19.1. The third kappa shape index (κ3) is 3.28. The van der Waals surface area contributed by atoms with Crippen molar-refractivity contribution in [3.63, 3.8) is 0 Å². The second-order valence-electron chi connectivity index (χ2n) is 4.55. The Morgan fingerprint density at radius 1 is 1.38 bits per heavy atom. The van der Waals surface area contributed by atoms with Crippen molar-refractivity contribution < 1.29 is 18.7 Å². The molecule has 1 aliphatic rings. The van der Waals surface area contributed by atoms with Gasteiger partial charge in [0.05, 0.1) is 6.04 Å². The van der Waals surface area contributed by atoms with Gasteiger partial charge >= 0.3 is 12.0 Å². The van der Waals surface area contributed by atoms with E-state index in [1.807, 2.05) is 0 Å². The molecule has 0 bridgehead atoms. The summed E-state index contributed by atoms with van der Waals surface area (Å²) in [7, 11) is 0. The van der Waals surface area contributed by atoms with Gasteiger partial charge in [0, 0.05) is 5.70 Å². The van der Waals surface area contributed by atoms with E-state index >= 15 is 0 Å². The van der Waals surface area contributed by atoms with Crippen LogP contribution in [0.15, 0.2) is 49.2 Å². The molecule has 1 fully saturated rings. The first kappa shape index (κ1) is 14.8. The lowest BCUT2D eigenvalue weighted by Gasteiger charge is -2.33. The molecule has 110 valence electrons. The Morgan fingerprint density at radius 3 is 2.67 bits per heavy atom. The minimum Gasteiger partial charge on any atom is -0.461 e. The van der Waals surface area contributed by atoms with Crippen LogP contribution in [-0.4, -0.2) is 18.6 Å². The summed E-state index contributed by atoms with van der Waals surface area (Å²) in [6.07, 6.45) is 1.45. The van der Waals surface area contributed by atoms with E-state index in [-0.39, 0.29) is 12.3 Å². The molecule has 0 unspecified atom stereocenters. The summed E-state index contributed by atoms with van der Waals surface area (Å²) < 4.78 is 18.0. The fraction of sp³-hybridized carbons (Fsp3) is 0.200. The number of esters is 1. The van der Waals surface area contributed by atoms with Crippen LogP contribution in [0.4, 0.5) is 9.18 Å². The van der Waals surface area contributed by atoms with Crippen molar-refractivity contribution in [2.24, 2.45) is 5.92 Å². The molecule has 2 N–H and O–H groups in total. The maximum Gasteiger partial charge on any atom is 0.319 e. The molecule has 0 spiro atoms. The Morgan fingerprint density at radius 2 is 2.05 bits per heavy atom. The molecule has 0 radical (unpaired) electrons. The molecule has 1 aliphatic heterocycles. The van der Waals surface area contributed by atoms with Crippen LogP contribution in [0.5, 0.6) is 0 Å². The van der Waals surface area contributed by atoms with Crippen LogP contribution in [0.2, 0.25) is 0 Å². The largest absolute Gasteiger partial charge is 0.461 e. The predicted octanol–water partition coefficient (Wildman–Crippen LogP) is 2.04. The number of benzene rings is 1. The molecule has 2 atom stereocenters. The number of hydrogen-bond acceptors (Lipinski definition) is 3. The minimum absolute atomic E-state index is 0.0622. The third-order valence-corrected chi connectivity index (χ3v) is 3.10. The Hall–Kier alpha value is -2.63. The molecule has 5 nitrogen and oxygen atoms in total. The Labute approximate surface area is 121 Å². The van der Waals surface area contributed by atoms with Gasteiger partial charge in [0.25, 0.3) is 0 Å². The average molecular weight is 290 g/mol. The molecular weight excluding hydrogens is 275 g/mol. The van der Waals surface area contributed by atoms with Gasteiger partial charge in [-0.2, -0.15) is 0 Å². The molecule has 1 heterocycles. The number of nitrogens with one attached hydrogen (secondary N) is 2. The molecule has 1 aromatic rings. The SMILES string of the molecule is C=CCOC(=O)[C@@H]1C(=C)NC(=O)N[C@H]1c1ccc(F)cc1. The molecule has 21 heavy (non-hydrogen) atoms. The first-order valence-electron chi connectivity index (χ1n) is 6.32. The van der Waals surface area contributed by atoms with Gasteiger partial charge in [0.15, 0.2) is 0 Å². The molecule has 0 aliphatic carbocycles. The highest BCUT2D eigenvalue weighted by Crippen LogP contribution is 2.30. The van der Waals surface area contributed by atoms with Crippen molar-refractivity contribution in [1.29, 1.82) is 0 Å². The lowest BCUT2D eigenvalue weighted by Crippen LogP contribution is -2.51. The van der Waals surface area contributed by atoms with Crippen LogP contribution >= 0.6 is 0 Å². The van der Waals surface area contributed by atoms with Gasteiger partial charge < -0.3 is 15.4 Å². The normalized spacial score (nSPS) is 21.2. The minimum atomic E-state index is -0.798. The Bertz CT molecular complexity index is 583. The van der Waals surface area contributed by atoms with E-state index in [1.54, 1.807) is 0 Å². The molecular formula is C15H15FN2O3. The number of carbonyl (C=O) groups excluding carboxylic acids is 2. The van der Waals surface area contributed by atoms with E-state index in [1.165, 1.54) is 30.3 Å². The standard InChI is InChI=1S/C15H15FN2O3/c1-3-8-21-14(19)12-9(2)17-15(20)18-13(12)10-4-6-11(16)7-5-10/h3-7,12-13H,1-2,8H2,(H2,17,18,20)/t12-,13+/m1/s1. The monoisotopic (exact) mass is 290 g/mol. The van der Waals surface area contributed by atoms with E-state index in [0.717, 1.165) is 0 Å². The molecule has 6 heteroatoms. The zero-order valence-electron chi connectivity index (χ0n) is 11.3. The van der Waals surface area contributed by atoms with E-state index in [2.05, 4.69) is 23.8 Å². The Kier molecular flexibility index (Phi) is 4.37. The van der Waals surface area contributed by atoms with Gasteiger partial charge in [0.2, 0.25) is 0 Å². The lowest BCUT2D eigenvalue weighted by atomic mass is 9.89. The van der Waals surface area contributed by atoms with Crippen molar-refractivity contribution in [1.82, 2.24) is 10.6 Å². The quantitative estimate of drug-likeness (QED) is 0.658. The van der Waals surface area contributed by atoms with Gasteiger partial charge in [-0.1, -0.05) is 31.4 Å². The maximum absolute atomic E-state index is 13.0. The number of ether oxygens (including phenoxy) is 1. The molecule has 2 amide bonds. The van der Waals surface area contributed by atoms with Gasteiger partial charge in [0.1, 0.15) is 18.3 Å². The molecule has 0 saturated carbocycles. The molecule has 0 aromatic heterocycles. The summed E-state index contributed by atoms with van der Waals surface area (Å²) in [6.45, 7) is 7.23. The zero-order chi connectivity index (χ0) is 15.4. The highest BCUT2D eigenvalue weighted by molar-refractivity contribution is 5.85. The number of carbonyl (C=O) groups is 2. The Balaban J connectivity index is 2.30. The second-order valence-corrected chi connectivity index (χ2v) is 4.55. The first-order chi connectivity index (χ1) is 10.0. The summed E-state index contributed by atoms with van der Waals surface area (Å²) in [5, 5.41) is 5.08. The van der Waals surface area contributed by atoms with Crippen molar-refractivity contribution in [2.75, 3.05) is 6.61 Å². The average Bonchev–Trinajstić information content (AvgIpc) is 2.44. The fourth-order valence-electron chi connectivity index (χ4n) is 2.14.